The number of H-pyrrole nitrogens is 1. The maximum Gasteiger partial charge on any atom is 0.259 e. The number of aryl methyl sites for hydroxylation is 1. The predicted molar refractivity (Wildman–Crippen MR) is 111 cm³/mol. The third-order valence-electron chi connectivity index (χ3n) is 4.75. The SMILES string of the molecule is Cc1nn2c([nH]c(=O)c3ccccc32)c1/N=N/c1c(C#N)cnn1-c1ccccc1. The number of hydrogen-bond acceptors (Lipinski definition) is 6. The summed E-state index contributed by atoms with van der Waals surface area (Å²) in [6.45, 7) is 1.79. The number of hydrogen-bond donors (Lipinski definition) is 1. The second-order valence-corrected chi connectivity index (χ2v) is 6.61. The zero-order valence-electron chi connectivity index (χ0n) is 15.8. The lowest BCUT2D eigenvalue weighted by Gasteiger charge is -2.03. The third-order valence-corrected chi connectivity index (χ3v) is 4.75. The fraction of sp³-hybridized carbons (Fsp3) is 0.0476. The van der Waals surface area contributed by atoms with Gasteiger partial charge in [0.05, 0.1) is 28.5 Å². The molecule has 30 heavy (non-hydrogen) atoms. The van der Waals surface area contributed by atoms with Crippen LogP contribution in [-0.2, 0) is 0 Å². The maximum absolute atomic E-state index is 12.5. The van der Waals surface area contributed by atoms with E-state index in [1.807, 2.05) is 42.5 Å². The molecule has 0 saturated heterocycles. The van der Waals surface area contributed by atoms with Gasteiger partial charge < -0.3 is 4.98 Å². The summed E-state index contributed by atoms with van der Waals surface area (Å²) in [4.78, 5) is 15.3. The van der Waals surface area contributed by atoms with Crippen molar-refractivity contribution in [3.8, 4) is 11.8 Å². The van der Waals surface area contributed by atoms with Gasteiger partial charge in [-0.25, -0.2) is 9.20 Å². The number of aromatic nitrogens is 5. The van der Waals surface area contributed by atoms with Gasteiger partial charge in [-0.3, -0.25) is 4.79 Å². The molecule has 0 aliphatic carbocycles. The summed E-state index contributed by atoms with van der Waals surface area (Å²) in [5.41, 5.74) is 2.93. The first-order valence-electron chi connectivity index (χ1n) is 9.13. The first-order chi connectivity index (χ1) is 14.7. The Morgan fingerprint density at radius 2 is 1.83 bits per heavy atom. The first-order valence-corrected chi connectivity index (χ1v) is 9.13. The molecule has 5 rings (SSSR count). The largest absolute Gasteiger partial charge is 0.304 e. The summed E-state index contributed by atoms with van der Waals surface area (Å²) < 4.78 is 3.18. The highest BCUT2D eigenvalue weighted by molar-refractivity contribution is 5.83. The van der Waals surface area contributed by atoms with Crippen LogP contribution in [0.3, 0.4) is 0 Å². The highest BCUT2D eigenvalue weighted by Gasteiger charge is 2.16. The Hall–Kier alpha value is -4.58. The molecule has 3 aromatic heterocycles. The Kier molecular flexibility index (Phi) is 3.96. The van der Waals surface area contributed by atoms with Crippen LogP contribution < -0.4 is 5.56 Å². The van der Waals surface area contributed by atoms with Crippen LogP contribution in [0.4, 0.5) is 11.5 Å². The van der Waals surface area contributed by atoms with E-state index in [2.05, 4.69) is 31.5 Å². The van der Waals surface area contributed by atoms with Crippen molar-refractivity contribution in [1.82, 2.24) is 24.4 Å². The number of para-hydroxylation sites is 2. The molecule has 2 aromatic carbocycles. The Labute approximate surface area is 169 Å². The van der Waals surface area contributed by atoms with E-state index in [-0.39, 0.29) is 11.1 Å². The van der Waals surface area contributed by atoms with Crippen LogP contribution >= 0.6 is 0 Å². The molecular weight excluding hydrogens is 380 g/mol. The lowest BCUT2D eigenvalue weighted by Crippen LogP contribution is -2.09. The van der Waals surface area contributed by atoms with Crippen LogP contribution in [0.2, 0.25) is 0 Å². The molecule has 0 unspecified atom stereocenters. The Morgan fingerprint density at radius 3 is 2.63 bits per heavy atom. The van der Waals surface area contributed by atoms with Crippen molar-refractivity contribution in [2.45, 2.75) is 6.92 Å². The molecule has 9 nitrogen and oxygen atoms in total. The van der Waals surface area contributed by atoms with Gasteiger partial charge in [0.1, 0.15) is 11.6 Å². The van der Waals surface area contributed by atoms with E-state index < -0.39 is 0 Å². The quantitative estimate of drug-likeness (QED) is 0.466. The van der Waals surface area contributed by atoms with Crippen LogP contribution in [-0.4, -0.2) is 24.4 Å². The lowest BCUT2D eigenvalue weighted by molar-refractivity contribution is 0.870. The molecule has 0 amide bonds. The molecular formula is C21H14N8O. The average molecular weight is 394 g/mol. The van der Waals surface area contributed by atoms with Crippen molar-refractivity contribution in [1.29, 1.82) is 5.26 Å². The highest BCUT2D eigenvalue weighted by atomic mass is 16.1. The number of nitrogens with zero attached hydrogens (tertiary/aromatic N) is 7. The second kappa shape index (κ2) is 6.79. The molecule has 9 heteroatoms. The fourth-order valence-corrected chi connectivity index (χ4v) is 3.32. The molecule has 0 fully saturated rings. The van der Waals surface area contributed by atoms with Gasteiger partial charge in [-0.2, -0.15) is 15.5 Å². The van der Waals surface area contributed by atoms with Gasteiger partial charge in [-0.15, -0.1) is 10.2 Å². The minimum atomic E-state index is -0.235. The van der Waals surface area contributed by atoms with Gasteiger partial charge in [0.15, 0.2) is 17.2 Å². The molecule has 0 atom stereocenters. The summed E-state index contributed by atoms with van der Waals surface area (Å²) in [6, 6.07) is 18.6. The Balaban J connectivity index is 1.69. The van der Waals surface area contributed by atoms with Crippen molar-refractivity contribution in [2.75, 3.05) is 0 Å². The molecule has 0 spiro atoms. The number of aromatic amines is 1. The summed E-state index contributed by atoms with van der Waals surface area (Å²) in [6.07, 6.45) is 1.44. The number of fused-ring (bicyclic) bond motifs is 3. The summed E-state index contributed by atoms with van der Waals surface area (Å²) >= 11 is 0. The van der Waals surface area contributed by atoms with E-state index in [0.717, 1.165) is 5.69 Å². The molecule has 5 aromatic rings. The van der Waals surface area contributed by atoms with Crippen LogP contribution in [0, 0.1) is 18.3 Å². The fourth-order valence-electron chi connectivity index (χ4n) is 3.32. The highest BCUT2D eigenvalue weighted by Crippen LogP contribution is 2.29. The molecule has 1 N–H and O–H groups in total. The van der Waals surface area contributed by atoms with E-state index in [1.54, 1.807) is 28.3 Å². The molecule has 0 aliphatic heterocycles. The third kappa shape index (κ3) is 2.67. The summed E-state index contributed by atoms with van der Waals surface area (Å²) in [7, 11) is 0. The number of nitrogens with one attached hydrogen (secondary N) is 1. The number of rotatable bonds is 3. The topological polar surface area (TPSA) is 116 Å². The average Bonchev–Trinajstić information content (AvgIpc) is 3.33. The van der Waals surface area contributed by atoms with Crippen LogP contribution in [0.1, 0.15) is 11.3 Å². The van der Waals surface area contributed by atoms with E-state index in [4.69, 9.17) is 0 Å². The smallest absolute Gasteiger partial charge is 0.259 e. The van der Waals surface area contributed by atoms with Crippen molar-refractivity contribution >= 4 is 28.1 Å². The number of azo groups is 1. The number of benzene rings is 2. The predicted octanol–water partition coefficient (Wildman–Crippen LogP) is 3.96. The van der Waals surface area contributed by atoms with Crippen molar-refractivity contribution in [3.05, 3.63) is 82.4 Å². The molecule has 144 valence electrons. The monoisotopic (exact) mass is 394 g/mol. The maximum atomic E-state index is 12.5. The zero-order valence-corrected chi connectivity index (χ0v) is 15.8. The summed E-state index contributed by atoms with van der Waals surface area (Å²) in [5, 5.41) is 27.4. The van der Waals surface area contributed by atoms with Crippen LogP contribution in [0.25, 0.3) is 22.2 Å². The Morgan fingerprint density at radius 1 is 1.07 bits per heavy atom. The van der Waals surface area contributed by atoms with Gasteiger partial charge in [0, 0.05) is 0 Å². The first kappa shape index (κ1) is 17.5. The van der Waals surface area contributed by atoms with Gasteiger partial charge in [0.2, 0.25) is 0 Å². The molecule has 0 radical (unpaired) electrons. The van der Waals surface area contributed by atoms with Crippen LogP contribution in [0.15, 0.2) is 75.8 Å². The van der Waals surface area contributed by atoms with Crippen molar-refractivity contribution in [2.24, 2.45) is 10.2 Å². The molecule has 0 aliphatic rings. The van der Waals surface area contributed by atoms with Crippen LogP contribution in [0.5, 0.6) is 0 Å². The molecule has 0 bridgehead atoms. The van der Waals surface area contributed by atoms with E-state index in [0.29, 0.717) is 33.7 Å². The normalized spacial score (nSPS) is 11.5. The number of nitriles is 1. The van der Waals surface area contributed by atoms with Gasteiger partial charge in [0.25, 0.3) is 5.56 Å². The Bertz CT molecular complexity index is 1530. The lowest BCUT2D eigenvalue weighted by atomic mass is 10.2. The minimum Gasteiger partial charge on any atom is -0.304 e. The van der Waals surface area contributed by atoms with Crippen molar-refractivity contribution in [3.63, 3.8) is 0 Å². The summed E-state index contributed by atoms with van der Waals surface area (Å²) in [5.74, 6) is 0.297. The van der Waals surface area contributed by atoms with Crippen molar-refractivity contribution < 1.29 is 0 Å². The standard InChI is InChI=1S/C21H14N8O/c1-13-18(20-24-21(30)16-9-5-6-10-17(16)29(20)27-13)25-26-19-14(11-22)12-23-28(19)15-7-3-2-4-8-15/h2-10,12H,1H3,(H,24,30)/b26-25+. The van der Waals surface area contributed by atoms with Gasteiger partial charge in [-0.05, 0) is 31.2 Å². The van der Waals surface area contributed by atoms with E-state index in [1.165, 1.54) is 6.20 Å². The van der Waals surface area contributed by atoms with Gasteiger partial charge >= 0.3 is 0 Å². The second-order valence-electron chi connectivity index (χ2n) is 6.61. The molecule has 3 heterocycles. The van der Waals surface area contributed by atoms with E-state index in [9.17, 15) is 10.1 Å². The molecule has 0 saturated carbocycles. The zero-order chi connectivity index (χ0) is 20.7. The minimum absolute atomic E-state index is 0.235. The van der Waals surface area contributed by atoms with Gasteiger partial charge in [-0.1, -0.05) is 30.3 Å². The van der Waals surface area contributed by atoms with E-state index >= 15 is 0 Å².